The van der Waals surface area contributed by atoms with Crippen LogP contribution in [0.4, 0.5) is 0 Å². The van der Waals surface area contributed by atoms with Crippen LogP contribution in [-0.4, -0.2) is 10.8 Å². The van der Waals surface area contributed by atoms with Crippen LogP contribution in [0.1, 0.15) is 22.5 Å². The van der Waals surface area contributed by atoms with E-state index < -0.39 is 0 Å². The summed E-state index contributed by atoms with van der Waals surface area (Å²) in [6.45, 7) is 5.39. The van der Waals surface area contributed by atoms with Gasteiger partial charge in [-0.05, 0) is 19.1 Å². The van der Waals surface area contributed by atoms with Gasteiger partial charge in [-0.2, -0.15) is 0 Å². The number of aryl methyl sites for hydroxylation is 1. The lowest BCUT2D eigenvalue weighted by atomic mass is 10.1. The highest BCUT2D eigenvalue weighted by Gasteiger charge is 2.02. The Balaban J connectivity index is 2.82. The van der Waals surface area contributed by atoms with Crippen molar-refractivity contribution >= 4 is 5.78 Å². The van der Waals surface area contributed by atoms with Gasteiger partial charge in [-0.15, -0.1) is 6.58 Å². The molecule has 0 N–H and O–H groups in total. The van der Waals surface area contributed by atoms with Crippen molar-refractivity contribution in [3.63, 3.8) is 0 Å². The number of hydrogen-bond acceptors (Lipinski definition) is 2. The Morgan fingerprint density at radius 1 is 1.67 bits per heavy atom. The second-order valence-corrected chi connectivity index (χ2v) is 2.60. The molecule has 0 aromatic carbocycles. The van der Waals surface area contributed by atoms with E-state index in [9.17, 15) is 4.79 Å². The van der Waals surface area contributed by atoms with Crippen LogP contribution in [0.3, 0.4) is 0 Å². The maximum Gasteiger partial charge on any atom is 0.168 e. The molecule has 62 valence electrons. The number of aromatic nitrogens is 1. The fourth-order valence-electron chi connectivity index (χ4n) is 0.882. The molecule has 0 saturated heterocycles. The molecule has 0 bridgehead atoms. The zero-order chi connectivity index (χ0) is 8.97. The molecule has 0 spiro atoms. The number of carbonyl (C=O) groups is 1. The molecule has 0 radical (unpaired) electrons. The molecule has 1 heterocycles. The quantitative estimate of drug-likeness (QED) is 0.502. The van der Waals surface area contributed by atoms with E-state index in [-0.39, 0.29) is 5.78 Å². The van der Waals surface area contributed by atoms with E-state index >= 15 is 0 Å². The molecular formula is C10H11NO. The van der Waals surface area contributed by atoms with Crippen molar-refractivity contribution in [2.75, 3.05) is 0 Å². The van der Waals surface area contributed by atoms with Crippen LogP contribution >= 0.6 is 0 Å². The number of rotatable bonds is 3. The average molecular weight is 161 g/mol. The van der Waals surface area contributed by atoms with Gasteiger partial charge in [0, 0.05) is 23.9 Å². The normalized spacial score (nSPS) is 9.42. The summed E-state index contributed by atoms with van der Waals surface area (Å²) >= 11 is 0. The first-order valence-corrected chi connectivity index (χ1v) is 3.81. The van der Waals surface area contributed by atoms with Gasteiger partial charge in [0.1, 0.15) is 0 Å². The summed E-state index contributed by atoms with van der Waals surface area (Å²) in [5, 5.41) is 0. The molecule has 0 aliphatic heterocycles. The van der Waals surface area contributed by atoms with E-state index in [2.05, 4.69) is 11.6 Å². The van der Waals surface area contributed by atoms with Gasteiger partial charge < -0.3 is 0 Å². The first-order valence-electron chi connectivity index (χ1n) is 3.81. The summed E-state index contributed by atoms with van der Waals surface area (Å²) in [5.74, 6) is 0.0671. The summed E-state index contributed by atoms with van der Waals surface area (Å²) in [4.78, 5) is 15.3. The molecule has 0 unspecified atom stereocenters. The van der Waals surface area contributed by atoms with Gasteiger partial charge in [0.15, 0.2) is 5.78 Å². The molecular weight excluding hydrogens is 150 g/mol. The van der Waals surface area contributed by atoms with Gasteiger partial charge in [-0.3, -0.25) is 9.78 Å². The number of ketones is 1. The van der Waals surface area contributed by atoms with E-state index in [0.29, 0.717) is 12.0 Å². The summed E-state index contributed by atoms with van der Waals surface area (Å²) < 4.78 is 0. The Morgan fingerprint density at radius 3 is 2.92 bits per heavy atom. The van der Waals surface area contributed by atoms with Gasteiger partial charge >= 0.3 is 0 Å². The molecule has 1 rings (SSSR count). The van der Waals surface area contributed by atoms with Crippen molar-refractivity contribution in [3.05, 3.63) is 42.2 Å². The zero-order valence-corrected chi connectivity index (χ0v) is 7.08. The van der Waals surface area contributed by atoms with Crippen LogP contribution in [0.15, 0.2) is 31.0 Å². The summed E-state index contributed by atoms with van der Waals surface area (Å²) in [6, 6.07) is 3.62. The maximum absolute atomic E-state index is 11.2. The Bertz CT molecular complexity index is 287. The topological polar surface area (TPSA) is 30.0 Å². The fraction of sp³-hybridized carbons (Fsp3) is 0.200. The van der Waals surface area contributed by atoms with Crippen LogP contribution in [0.25, 0.3) is 0 Å². The van der Waals surface area contributed by atoms with E-state index in [0.717, 1.165) is 5.69 Å². The molecule has 12 heavy (non-hydrogen) atoms. The minimum absolute atomic E-state index is 0.0671. The predicted octanol–water partition coefficient (Wildman–Crippen LogP) is 2.15. The molecule has 0 aliphatic carbocycles. The average Bonchev–Trinajstić information content (AvgIpc) is 2.06. The molecule has 0 aliphatic rings. The number of pyridine rings is 1. The monoisotopic (exact) mass is 161 g/mol. The summed E-state index contributed by atoms with van der Waals surface area (Å²) in [5.41, 5.74) is 1.57. The second kappa shape index (κ2) is 3.81. The predicted molar refractivity (Wildman–Crippen MR) is 48.1 cm³/mol. The molecule has 0 fully saturated rings. The number of nitrogens with zero attached hydrogens (tertiary/aromatic N) is 1. The van der Waals surface area contributed by atoms with Crippen LogP contribution in [0, 0.1) is 6.92 Å². The zero-order valence-electron chi connectivity index (χ0n) is 7.08. The van der Waals surface area contributed by atoms with Crippen molar-refractivity contribution in [3.8, 4) is 0 Å². The molecule has 0 amide bonds. The Labute approximate surface area is 71.9 Å². The molecule has 1 aromatic rings. The SMILES string of the molecule is C=CCC(=O)c1ccc(C)nc1. The van der Waals surface area contributed by atoms with E-state index in [4.69, 9.17) is 0 Å². The third-order valence-electron chi connectivity index (χ3n) is 1.56. The van der Waals surface area contributed by atoms with Gasteiger partial charge in [0.25, 0.3) is 0 Å². The minimum atomic E-state index is 0.0671. The van der Waals surface area contributed by atoms with E-state index in [1.807, 2.05) is 13.0 Å². The molecule has 2 heteroatoms. The number of carbonyl (C=O) groups excluding carboxylic acids is 1. The van der Waals surface area contributed by atoms with E-state index in [1.165, 1.54) is 0 Å². The fourth-order valence-corrected chi connectivity index (χ4v) is 0.882. The largest absolute Gasteiger partial charge is 0.294 e. The van der Waals surface area contributed by atoms with Crippen LogP contribution in [-0.2, 0) is 0 Å². The number of hydrogen-bond donors (Lipinski definition) is 0. The maximum atomic E-state index is 11.2. The second-order valence-electron chi connectivity index (χ2n) is 2.60. The lowest BCUT2D eigenvalue weighted by Crippen LogP contribution is -1.97. The molecule has 1 aromatic heterocycles. The lowest BCUT2D eigenvalue weighted by Gasteiger charge is -1.96. The first-order chi connectivity index (χ1) is 5.74. The van der Waals surface area contributed by atoms with E-state index in [1.54, 1.807) is 18.3 Å². The summed E-state index contributed by atoms with van der Waals surface area (Å²) in [7, 11) is 0. The smallest absolute Gasteiger partial charge is 0.168 e. The third kappa shape index (κ3) is 2.02. The first kappa shape index (κ1) is 8.65. The van der Waals surface area contributed by atoms with Crippen molar-refractivity contribution in [2.45, 2.75) is 13.3 Å². The molecule has 2 nitrogen and oxygen atoms in total. The molecule has 0 atom stereocenters. The lowest BCUT2D eigenvalue weighted by molar-refractivity contribution is 0.0995. The molecule has 0 saturated carbocycles. The highest BCUT2D eigenvalue weighted by molar-refractivity contribution is 5.96. The highest BCUT2D eigenvalue weighted by atomic mass is 16.1. The number of allylic oxidation sites excluding steroid dienone is 1. The van der Waals surface area contributed by atoms with Crippen LogP contribution in [0.2, 0.25) is 0 Å². The number of Topliss-reactive ketones (excluding diaryl/α,β-unsaturated/α-hetero) is 1. The van der Waals surface area contributed by atoms with Gasteiger partial charge in [0.05, 0.1) is 0 Å². The van der Waals surface area contributed by atoms with Gasteiger partial charge in [-0.25, -0.2) is 0 Å². The third-order valence-corrected chi connectivity index (χ3v) is 1.56. The van der Waals surface area contributed by atoms with Crippen molar-refractivity contribution in [1.29, 1.82) is 0 Å². The Morgan fingerprint density at radius 2 is 2.42 bits per heavy atom. The van der Waals surface area contributed by atoms with Gasteiger partial charge in [-0.1, -0.05) is 6.08 Å². The Hall–Kier alpha value is -1.44. The Kier molecular flexibility index (Phi) is 2.75. The van der Waals surface area contributed by atoms with Gasteiger partial charge in [0.2, 0.25) is 0 Å². The summed E-state index contributed by atoms with van der Waals surface area (Å²) in [6.07, 6.45) is 3.58. The minimum Gasteiger partial charge on any atom is -0.294 e. The van der Waals surface area contributed by atoms with Crippen molar-refractivity contribution in [1.82, 2.24) is 4.98 Å². The highest BCUT2D eigenvalue weighted by Crippen LogP contribution is 2.02. The standard InChI is InChI=1S/C10H11NO/c1-3-4-10(12)9-6-5-8(2)11-7-9/h3,5-7H,1,4H2,2H3. The van der Waals surface area contributed by atoms with Crippen molar-refractivity contribution in [2.24, 2.45) is 0 Å². The van der Waals surface area contributed by atoms with Crippen LogP contribution < -0.4 is 0 Å². The van der Waals surface area contributed by atoms with Crippen molar-refractivity contribution < 1.29 is 4.79 Å². The van der Waals surface area contributed by atoms with Crippen LogP contribution in [0.5, 0.6) is 0 Å².